The maximum Gasteiger partial charge on any atom is 0.303 e. The standard InChI is InChI=1S/C73H76O8/c1-9-13-53-17-25-57(26-18-53)61-33-41-65(42-34-61)69(78-49(5)74)73(70(79-50(6)75)66-43-35-62(36-44-66)58-27-19-54(14-10-2)20-28-58,71(80-51(7)76)67-45-37-63(38-46-67)59-29-21-55(15-11-3)22-30-59)72(81-52(8)77)68-47-39-64(40-48-68)60-31-23-56(16-12-4)24-32-60/h17-48,69-72H,9-16H2,1-8H3. The van der Waals surface area contributed by atoms with Crippen molar-refractivity contribution in [2.45, 2.75) is 131 Å². The molecule has 0 aliphatic rings. The summed E-state index contributed by atoms with van der Waals surface area (Å²) in [7, 11) is 0. The monoisotopic (exact) mass is 1080 g/mol. The normalized spacial score (nSPS) is 13.4. The van der Waals surface area contributed by atoms with Crippen molar-refractivity contribution >= 4 is 23.9 Å². The number of hydrogen-bond donors (Lipinski definition) is 0. The Bertz CT molecular complexity index is 2870. The summed E-state index contributed by atoms with van der Waals surface area (Å²) in [6, 6.07) is 64.4. The summed E-state index contributed by atoms with van der Waals surface area (Å²) >= 11 is 0. The van der Waals surface area contributed by atoms with Crippen LogP contribution in [0.25, 0.3) is 44.5 Å². The number of ether oxygens (including phenoxy) is 4. The van der Waals surface area contributed by atoms with Crippen LogP contribution >= 0.6 is 0 Å². The highest BCUT2D eigenvalue weighted by atomic mass is 16.6. The fraction of sp³-hybridized carbons (Fsp3) is 0.288. The van der Waals surface area contributed by atoms with Crippen LogP contribution < -0.4 is 0 Å². The molecule has 81 heavy (non-hydrogen) atoms. The van der Waals surface area contributed by atoms with Crippen molar-refractivity contribution < 1.29 is 38.1 Å². The average molecular weight is 1080 g/mol. The Labute approximate surface area is 479 Å². The van der Waals surface area contributed by atoms with Crippen LogP contribution in [-0.4, -0.2) is 23.9 Å². The fourth-order valence-electron chi connectivity index (χ4n) is 11.3. The van der Waals surface area contributed by atoms with Crippen LogP contribution in [0.4, 0.5) is 0 Å². The van der Waals surface area contributed by atoms with Gasteiger partial charge in [0.1, 0.15) is 29.8 Å². The third kappa shape index (κ3) is 14.3. The minimum Gasteiger partial charge on any atom is -0.457 e. The number of carbonyl (C=O) groups is 4. The molecule has 0 aliphatic heterocycles. The second-order valence-corrected chi connectivity index (χ2v) is 21.2. The lowest BCUT2D eigenvalue weighted by atomic mass is 9.61. The van der Waals surface area contributed by atoms with E-state index in [4.69, 9.17) is 18.9 Å². The number of aryl methyl sites for hydroxylation is 4. The molecule has 0 saturated carbocycles. The molecule has 0 aromatic heterocycles. The van der Waals surface area contributed by atoms with Crippen LogP contribution in [0.1, 0.15) is 150 Å². The van der Waals surface area contributed by atoms with Crippen molar-refractivity contribution in [2.75, 3.05) is 0 Å². The number of rotatable bonds is 24. The second-order valence-electron chi connectivity index (χ2n) is 21.2. The predicted molar refractivity (Wildman–Crippen MR) is 324 cm³/mol. The molecule has 0 amide bonds. The minimum atomic E-state index is -2.08. The average Bonchev–Trinajstić information content (AvgIpc) is 2.31. The van der Waals surface area contributed by atoms with Crippen LogP contribution in [0.15, 0.2) is 194 Å². The van der Waals surface area contributed by atoms with Crippen LogP contribution in [0.3, 0.4) is 0 Å². The Morgan fingerprint density at radius 2 is 0.420 bits per heavy atom. The Morgan fingerprint density at radius 1 is 0.272 bits per heavy atom. The molecule has 8 heteroatoms. The lowest BCUT2D eigenvalue weighted by Crippen LogP contribution is -2.50. The van der Waals surface area contributed by atoms with E-state index in [9.17, 15) is 19.2 Å². The first-order valence-corrected chi connectivity index (χ1v) is 28.7. The molecular weight excluding hydrogens is 1000 g/mol. The van der Waals surface area contributed by atoms with E-state index in [0.717, 1.165) is 95.9 Å². The van der Waals surface area contributed by atoms with E-state index in [1.807, 2.05) is 97.1 Å². The largest absolute Gasteiger partial charge is 0.457 e. The quantitative estimate of drug-likeness (QED) is 0.0435. The molecule has 8 aromatic carbocycles. The molecule has 0 fully saturated rings. The lowest BCUT2D eigenvalue weighted by molar-refractivity contribution is -0.239. The number of esters is 4. The van der Waals surface area contributed by atoms with Gasteiger partial charge in [0, 0.05) is 27.7 Å². The highest BCUT2D eigenvalue weighted by molar-refractivity contribution is 5.72. The van der Waals surface area contributed by atoms with Crippen molar-refractivity contribution in [1.29, 1.82) is 0 Å². The van der Waals surface area contributed by atoms with Crippen LogP contribution in [0.2, 0.25) is 0 Å². The summed E-state index contributed by atoms with van der Waals surface area (Å²) in [5, 5.41) is 0. The maximum absolute atomic E-state index is 14.2. The van der Waals surface area contributed by atoms with E-state index in [0.29, 0.717) is 22.3 Å². The van der Waals surface area contributed by atoms with Gasteiger partial charge in [-0.3, -0.25) is 19.2 Å². The molecule has 0 N–H and O–H groups in total. The second kappa shape index (κ2) is 27.7. The summed E-state index contributed by atoms with van der Waals surface area (Å²) in [6.07, 6.45) is 2.03. The smallest absolute Gasteiger partial charge is 0.303 e. The number of hydrogen-bond acceptors (Lipinski definition) is 8. The van der Waals surface area contributed by atoms with E-state index in [1.165, 1.54) is 49.9 Å². The first-order chi connectivity index (χ1) is 39.2. The highest BCUT2D eigenvalue weighted by Gasteiger charge is 2.65. The van der Waals surface area contributed by atoms with Crippen molar-refractivity contribution in [1.82, 2.24) is 0 Å². The maximum atomic E-state index is 14.2. The van der Waals surface area contributed by atoms with E-state index in [-0.39, 0.29) is 0 Å². The van der Waals surface area contributed by atoms with Gasteiger partial charge in [0.2, 0.25) is 0 Å². The molecule has 8 aromatic rings. The molecule has 0 aliphatic carbocycles. The van der Waals surface area contributed by atoms with E-state index in [2.05, 4.69) is 125 Å². The lowest BCUT2D eigenvalue weighted by Gasteiger charge is -2.52. The van der Waals surface area contributed by atoms with Gasteiger partial charge in [-0.1, -0.05) is 248 Å². The van der Waals surface area contributed by atoms with Crippen molar-refractivity contribution in [2.24, 2.45) is 5.41 Å². The molecule has 0 bridgehead atoms. The SMILES string of the molecule is CCCc1ccc(-c2ccc(C(OC(C)=O)C(C(OC(C)=O)c3ccc(-c4ccc(CCC)cc4)cc3)(C(OC(C)=O)c3ccc(-c4ccc(CCC)cc4)cc3)C(OC(C)=O)c3ccc(-c4ccc(CCC)cc4)cc3)cc2)cc1. The summed E-state index contributed by atoms with van der Waals surface area (Å²) in [5.41, 5.74) is 12.2. The van der Waals surface area contributed by atoms with E-state index in [1.54, 1.807) is 0 Å². The summed E-state index contributed by atoms with van der Waals surface area (Å²) in [5.74, 6) is -2.74. The Kier molecular flexibility index (Phi) is 20.1. The summed E-state index contributed by atoms with van der Waals surface area (Å²) < 4.78 is 27.2. The number of benzene rings is 8. The molecule has 0 heterocycles. The van der Waals surface area contributed by atoms with Gasteiger partial charge < -0.3 is 18.9 Å². The van der Waals surface area contributed by atoms with Gasteiger partial charge in [-0.2, -0.15) is 0 Å². The van der Waals surface area contributed by atoms with Gasteiger partial charge in [-0.25, -0.2) is 0 Å². The zero-order chi connectivity index (χ0) is 57.5. The Balaban J connectivity index is 1.45. The third-order valence-corrected chi connectivity index (χ3v) is 15.1. The molecule has 8 nitrogen and oxygen atoms in total. The van der Waals surface area contributed by atoms with Gasteiger partial charge in [0.05, 0.1) is 0 Å². The topological polar surface area (TPSA) is 105 Å². The van der Waals surface area contributed by atoms with Gasteiger partial charge in [0.15, 0.2) is 0 Å². The van der Waals surface area contributed by atoms with Gasteiger partial charge >= 0.3 is 23.9 Å². The third-order valence-electron chi connectivity index (χ3n) is 15.1. The molecular formula is C73H76O8. The highest BCUT2D eigenvalue weighted by Crippen LogP contribution is 2.65. The first kappa shape index (κ1) is 58.8. The first-order valence-electron chi connectivity index (χ1n) is 28.7. The zero-order valence-corrected chi connectivity index (χ0v) is 48.2. The molecule has 8 rings (SSSR count). The van der Waals surface area contributed by atoms with Gasteiger partial charge in [-0.05, 0) is 115 Å². The fourth-order valence-corrected chi connectivity index (χ4v) is 11.3. The number of carbonyl (C=O) groups excluding carboxylic acids is 4. The summed E-state index contributed by atoms with van der Waals surface area (Å²) in [4.78, 5) is 57.0. The molecule has 0 radical (unpaired) electrons. The van der Waals surface area contributed by atoms with Crippen molar-refractivity contribution in [3.8, 4) is 44.5 Å². The molecule has 4 atom stereocenters. The van der Waals surface area contributed by atoms with Gasteiger partial charge in [-0.15, -0.1) is 0 Å². The predicted octanol–water partition coefficient (Wildman–Crippen LogP) is 17.7. The minimum absolute atomic E-state index is 0.458. The molecule has 0 saturated heterocycles. The van der Waals surface area contributed by atoms with Crippen molar-refractivity contribution in [3.05, 3.63) is 239 Å². The Hall–Kier alpha value is -8.36. The van der Waals surface area contributed by atoms with Crippen LogP contribution in [0, 0.1) is 5.41 Å². The van der Waals surface area contributed by atoms with Crippen molar-refractivity contribution in [3.63, 3.8) is 0 Å². The zero-order valence-electron chi connectivity index (χ0n) is 48.2. The Morgan fingerprint density at radius 3 is 0.556 bits per heavy atom. The van der Waals surface area contributed by atoms with E-state index < -0.39 is 53.7 Å². The van der Waals surface area contributed by atoms with E-state index >= 15 is 0 Å². The molecule has 4 unspecified atom stereocenters. The van der Waals surface area contributed by atoms with Gasteiger partial charge in [0.25, 0.3) is 0 Å². The summed E-state index contributed by atoms with van der Waals surface area (Å²) in [6.45, 7) is 13.9. The molecule has 0 spiro atoms. The van der Waals surface area contributed by atoms with Crippen LogP contribution in [-0.2, 0) is 63.8 Å². The molecule has 416 valence electrons. The van der Waals surface area contributed by atoms with Crippen LogP contribution in [0.5, 0.6) is 0 Å².